The number of rotatable bonds is 3. The molecule has 1 unspecified atom stereocenters. The molecule has 88 valence electrons. The molecule has 1 saturated heterocycles. The SMILES string of the molecule is CSCC(=O)N1CCCC(n2cncn2)C1. The Morgan fingerprint density at radius 3 is 3.19 bits per heavy atom. The van der Waals surface area contributed by atoms with Crippen LogP contribution in [-0.4, -0.2) is 50.7 Å². The van der Waals surface area contributed by atoms with E-state index >= 15 is 0 Å². The molecule has 0 bridgehead atoms. The number of hydrogen-bond acceptors (Lipinski definition) is 4. The molecular formula is C10H16N4OS. The number of likely N-dealkylation sites (tertiary alicyclic amines) is 1. The van der Waals surface area contributed by atoms with Gasteiger partial charge in [0.15, 0.2) is 0 Å². The summed E-state index contributed by atoms with van der Waals surface area (Å²) >= 11 is 1.58. The lowest BCUT2D eigenvalue weighted by molar-refractivity contribution is -0.130. The first-order valence-electron chi connectivity index (χ1n) is 5.42. The molecule has 0 aliphatic carbocycles. The van der Waals surface area contributed by atoms with E-state index in [1.54, 1.807) is 24.4 Å². The average Bonchev–Trinajstić information content (AvgIpc) is 2.83. The average molecular weight is 240 g/mol. The topological polar surface area (TPSA) is 51.0 Å². The lowest BCUT2D eigenvalue weighted by atomic mass is 10.1. The van der Waals surface area contributed by atoms with Crippen LogP contribution in [0.5, 0.6) is 0 Å². The van der Waals surface area contributed by atoms with E-state index in [1.165, 1.54) is 0 Å². The molecule has 6 heteroatoms. The maximum absolute atomic E-state index is 11.8. The molecule has 1 aromatic heterocycles. The van der Waals surface area contributed by atoms with Crippen molar-refractivity contribution in [2.45, 2.75) is 18.9 Å². The summed E-state index contributed by atoms with van der Waals surface area (Å²) in [4.78, 5) is 17.7. The van der Waals surface area contributed by atoms with Gasteiger partial charge in [-0.25, -0.2) is 9.67 Å². The summed E-state index contributed by atoms with van der Waals surface area (Å²) < 4.78 is 1.86. The van der Waals surface area contributed by atoms with Crippen molar-refractivity contribution in [3.8, 4) is 0 Å². The second-order valence-electron chi connectivity index (χ2n) is 3.94. The van der Waals surface area contributed by atoms with Crippen molar-refractivity contribution in [2.75, 3.05) is 25.1 Å². The van der Waals surface area contributed by atoms with Crippen molar-refractivity contribution in [2.24, 2.45) is 0 Å². The summed E-state index contributed by atoms with van der Waals surface area (Å²) in [6.45, 7) is 1.65. The zero-order valence-corrected chi connectivity index (χ0v) is 10.2. The Balaban J connectivity index is 1.96. The normalized spacial score (nSPS) is 21.1. The summed E-state index contributed by atoms with van der Waals surface area (Å²) in [5.41, 5.74) is 0. The van der Waals surface area contributed by atoms with Gasteiger partial charge in [-0.3, -0.25) is 4.79 Å². The van der Waals surface area contributed by atoms with E-state index in [2.05, 4.69) is 10.1 Å². The van der Waals surface area contributed by atoms with Crippen LogP contribution in [0.1, 0.15) is 18.9 Å². The van der Waals surface area contributed by atoms with Crippen molar-refractivity contribution >= 4 is 17.7 Å². The number of nitrogens with zero attached hydrogens (tertiary/aromatic N) is 4. The minimum atomic E-state index is 0.234. The molecular weight excluding hydrogens is 224 g/mol. The van der Waals surface area contributed by atoms with Gasteiger partial charge in [-0.1, -0.05) is 0 Å². The molecule has 1 fully saturated rings. The second kappa shape index (κ2) is 5.34. The Morgan fingerprint density at radius 1 is 1.62 bits per heavy atom. The van der Waals surface area contributed by atoms with Gasteiger partial charge in [-0.2, -0.15) is 16.9 Å². The Hall–Kier alpha value is -1.04. The Kier molecular flexibility index (Phi) is 3.82. The predicted octanol–water partition coefficient (Wildman–Crippen LogP) is 0.805. The summed E-state index contributed by atoms with van der Waals surface area (Å²) in [5.74, 6) is 0.807. The van der Waals surface area contributed by atoms with Gasteiger partial charge in [0.05, 0.1) is 11.8 Å². The van der Waals surface area contributed by atoms with E-state index in [0.29, 0.717) is 11.8 Å². The molecule has 2 heterocycles. The number of piperidine rings is 1. The fraction of sp³-hybridized carbons (Fsp3) is 0.700. The molecule has 5 nitrogen and oxygen atoms in total. The van der Waals surface area contributed by atoms with Crippen LogP contribution in [0.25, 0.3) is 0 Å². The quantitative estimate of drug-likeness (QED) is 0.784. The molecule has 1 aromatic rings. The molecule has 0 saturated carbocycles. The number of carbonyl (C=O) groups is 1. The van der Waals surface area contributed by atoms with Gasteiger partial charge in [0.1, 0.15) is 12.7 Å². The predicted molar refractivity (Wildman–Crippen MR) is 63.3 cm³/mol. The molecule has 0 radical (unpaired) electrons. The van der Waals surface area contributed by atoms with Gasteiger partial charge >= 0.3 is 0 Å². The number of hydrogen-bond donors (Lipinski definition) is 0. The van der Waals surface area contributed by atoms with E-state index in [1.807, 2.05) is 15.8 Å². The summed E-state index contributed by atoms with van der Waals surface area (Å²) in [5, 5.41) is 4.14. The summed E-state index contributed by atoms with van der Waals surface area (Å²) in [7, 11) is 0. The first kappa shape index (κ1) is 11.4. The minimum Gasteiger partial charge on any atom is -0.340 e. The van der Waals surface area contributed by atoms with Crippen molar-refractivity contribution < 1.29 is 4.79 Å². The Bertz CT molecular complexity index is 341. The van der Waals surface area contributed by atoms with Crippen LogP contribution in [0.15, 0.2) is 12.7 Å². The first-order chi connectivity index (χ1) is 7.81. The zero-order chi connectivity index (χ0) is 11.4. The van der Waals surface area contributed by atoms with Crippen LogP contribution in [0, 0.1) is 0 Å². The van der Waals surface area contributed by atoms with E-state index in [-0.39, 0.29) is 5.91 Å². The molecule has 1 amide bonds. The largest absolute Gasteiger partial charge is 0.340 e. The van der Waals surface area contributed by atoms with Crippen molar-refractivity contribution in [1.29, 1.82) is 0 Å². The smallest absolute Gasteiger partial charge is 0.232 e. The highest BCUT2D eigenvalue weighted by Crippen LogP contribution is 2.20. The highest BCUT2D eigenvalue weighted by atomic mass is 32.2. The Labute approximate surface area is 99.2 Å². The molecule has 2 rings (SSSR count). The molecule has 16 heavy (non-hydrogen) atoms. The van der Waals surface area contributed by atoms with Crippen LogP contribution in [-0.2, 0) is 4.79 Å². The summed E-state index contributed by atoms with van der Waals surface area (Å²) in [6.07, 6.45) is 7.35. The third-order valence-electron chi connectivity index (χ3n) is 2.83. The minimum absolute atomic E-state index is 0.234. The van der Waals surface area contributed by atoms with Gasteiger partial charge in [-0.15, -0.1) is 0 Å². The molecule has 0 aromatic carbocycles. The third-order valence-corrected chi connectivity index (χ3v) is 3.36. The second-order valence-corrected chi connectivity index (χ2v) is 4.81. The number of aromatic nitrogens is 3. The first-order valence-corrected chi connectivity index (χ1v) is 6.81. The maximum atomic E-state index is 11.8. The highest BCUT2D eigenvalue weighted by molar-refractivity contribution is 7.99. The van der Waals surface area contributed by atoms with E-state index in [4.69, 9.17) is 0 Å². The van der Waals surface area contributed by atoms with Crippen LogP contribution >= 0.6 is 11.8 Å². The highest BCUT2D eigenvalue weighted by Gasteiger charge is 2.24. The molecule has 1 atom stereocenters. The lowest BCUT2D eigenvalue weighted by Gasteiger charge is -2.32. The maximum Gasteiger partial charge on any atom is 0.232 e. The van der Waals surface area contributed by atoms with Crippen LogP contribution in [0.2, 0.25) is 0 Å². The molecule has 0 spiro atoms. The van der Waals surface area contributed by atoms with Crippen molar-refractivity contribution in [3.05, 3.63) is 12.7 Å². The monoisotopic (exact) mass is 240 g/mol. The van der Waals surface area contributed by atoms with E-state index in [0.717, 1.165) is 25.9 Å². The van der Waals surface area contributed by atoms with Gasteiger partial charge in [0.25, 0.3) is 0 Å². The van der Waals surface area contributed by atoms with E-state index < -0.39 is 0 Å². The van der Waals surface area contributed by atoms with Crippen LogP contribution < -0.4 is 0 Å². The van der Waals surface area contributed by atoms with Gasteiger partial charge in [0, 0.05) is 13.1 Å². The number of amides is 1. The fourth-order valence-electron chi connectivity index (χ4n) is 2.02. The van der Waals surface area contributed by atoms with E-state index in [9.17, 15) is 4.79 Å². The van der Waals surface area contributed by atoms with Crippen molar-refractivity contribution in [1.82, 2.24) is 19.7 Å². The van der Waals surface area contributed by atoms with Gasteiger partial charge < -0.3 is 4.90 Å². The van der Waals surface area contributed by atoms with Crippen molar-refractivity contribution in [3.63, 3.8) is 0 Å². The number of thioether (sulfide) groups is 1. The van der Waals surface area contributed by atoms with Crippen LogP contribution in [0.3, 0.4) is 0 Å². The number of carbonyl (C=O) groups excluding carboxylic acids is 1. The van der Waals surface area contributed by atoms with Gasteiger partial charge in [0.2, 0.25) is 5.91 Å². The zero-order valence-electron chi connectivity index (χ0n) is 9.37. The summed E-state index contributed by atoms with van der Waals surface area (Å²) in [6, 6.07) is 0.294. The fourth-order valence-corrected chi connectivity index (χ4v) is 2.45. The molecule has 0 N–H and O–H groups in total. The lowest BCUT2D eigenvalue weighted by Crippen LogP contribution is -2.41. The van der Waals surface area contributed by atoms with Crippen LogP contribution in [0.4, 0.5) is 0 Å². The molecule has 1 aliphatic heterocycles. The standard InChI is InChI=1S/C10H16N4OS/c1-16-6-10(15)13-4-2-3-9(5-13)14-8-11-7-12-14/h7-9H,2-6H2,1H3. The Morgan fingerprint density at radius 2 is 2.50 bits per heavy atom. The van der Waals surface area contributed by atoms with Gasteiger partial charge in [-0.05, 0) is 19.1 Å². The molecule has 1 aliphatic rings. The third kappa shape index (κ3) is 2.55.